The first-order chi connectivity index (χ1) is 25.3. The van der Waals surface area contributed by atoms with Gasteiger partial charge in [-0.25, -0.2) is 4.99 Å². The monoisotopic (exact) mass is 656 g/mol. The predicted octanol–water partition coefficient (Wildman–Crippen LogP) is 11.2. The largest absolute Gasteiger partial charge is 0.456 e. The van der Waals surface area contributed by atoms with Crippen LogP contribution in [0, 0.1) is 0 Å². The number of aromatic nitrogens is 1. The zero-order valence-corrected chi connectivity index (χ0v) is 27.2. The highest BCUT2D eigenvalue weighted by Crippen LogP contribution is 2.39. The molecule has 0 bridgehead atoms. The van der Waals surface area contributed by atoms with E-state index in [1.807, 2.05) is 36.4 Å². The van der Waals surface area contributed by atoms with Gasteiger partial charge in [0.05, 0.1) is 11.0 Å². The fourth-order valence-corrected chi connectivity index (χ4v) is 7.69. The van der Waals surface area contributed by atoms with Gasteiger partial charge < -0.3 is 14.2 Å². The van der Waals surface area contributed by atoms with E-state index in [1.54, 1.807) is 0 Å². The molecule has 240 valence electrons. The zero-order chi connectivity index (χ0) is 33.5. The van der Waals surface area contributed by atoms with Crippen molar-refractivity contribution in [2.24, 2.45) is 9.98 Å². The van der Waals surface area contributed by atoms with Crippen LogP contribution in [-0.4, -0.2) is 16.4 Å². The lowest BCUT2D eigenvalue weighted by molar-refractivity contribution is 0.649. The molecule has 0 radical (unpaired) electrons. The fourth-order valence-electron chi connectivity index (χ4n) is 7.69. The first-order valence-electron chi connectivity index (χ1n) is 17.1. The highest BCUT2D eigenvalue weighted by molar-refractivity contribution is 6.17. The Balaban J connectivity index is 1.05. The third-order valence-corrected chi connectivity index (χ3v) is 10.1. The quantitative estimate of drug-likeness (QED) is 0.206. The van der Waals surface area contributed by atoms with Crippen LogP contribution in [0.4, 0.5) is 0 Å². The van der Waals surface area contributed by atoms with E-state index in [4.69, 9.17) is 18.8 Å². The van der Waals surface area contributed by atoms with Crippen molar-refractivity contribution >= 4 is 77.5 Å². The third kappa shape index (κ3) is 4.30. The van der Waals surface area contributed by atoms with Crippen LogP contribution in [0.5, 0.6) is 0 Å². The number of nitrogens with zero attached hydrogens (tertiary/aromatic N) is 3. The molecule has 1 N–H and O–H groups in total. The lowest BCUT2D eigenvalue weighted by Crippen LogP contribution is -2.37. The van der Waals surface area contributed by atoms with Gasteiger partial charge in [0.15, 0.2) is 5.84 Å². The summed E-state index contributed by atoms with van der Waals surface area (Å²) < 4.78 is 15.1. The highest BCUT2D eigenvalue weighted by Gasteiger charge is 2.25. The van der Waals surface area contributed by atoms with Crippen LogP contribution in [-0.2, 0) is 0 Å². The predicted molar refractivity (Wildman–Crippen MR) is 208 cm³/mol. The van der Waals surface area contributed by atoms with Crippen LogP contribution in [0.15, 0.2) is 177 Å². The van der Waals surface area contributed by atoms with Crippen molar-refractivity contribution in [3.05, 3.63) is 169 Å². The summed E-state index contributed by atoms with van der Waals surface area (Å²) >= 11 is 0. The molecule has 0 aliphatic carbocycles. The summed E-state index contributed by atoms with van der Waals surface area (Å²) in [6, 6.07) is 54.4. The van der Waals surface area contributed by atoms with Gasteiger partial charge >= 0.3 is 0 Å². The molecule has 1 unspecified atom stereocenters. The maximum absolute atomic E-state index is 6.74. The van der Waals surface area contributed by atoms with Crippen molar-refractivity contribution in [2.45, 2.75) is 6.17 Å². The second-order valence-electron chi connectivity index (χ2n) is 13.0. The first-order valence-corrected chi connectivity index (χ1v) is 17.1. The Hall–Kier alpha value is -6.92. The minimum Gasteiger partial charge on any atom is -0.456 e. The Kier molecular flexibility index (Phi) is 5.92. The summed E-state index contributed by atoms with van der Waals surface area (Å²) in [6.07, 6.45) is -0.401. The van der Waals surface area contributed by atoms with E-state index in [0.29, 0.717) is 5.84 Å². The van der Waals surface area contributed by atoms with Crippen molar-refractivity contribution in [3.8, 4) is 11.1 Å². The van der Waals surface area contributed by atoms with Gasteiger partial charge in [-0.1, -0.05) is 121 Å². The molecule has 1 atom stereocenters. The number of aliphatic imine (C=N–C) groups is 2. The van der Waals surface area contributed by atoms with Crippen LogP contribution in [0.25, 0.3) is 76.8 Å². The van der Waals surface area contributed by atoms with E-state index in [1.165, 1.54) is 10.8 Å². The molecule has 7 aromatic carbocycles. The average molecular weight is 657 g/mol. The highest BCUT2D eigenvalue weighted by atomic mass is 16.3. The van der Waals surface area contributed by atoms with E-state index in [0.717, 1.165) is 83.1 Å². The van der Waals surface area contributed by atoms with Gasteiger partial charge in [0, 0.05) is 49.0 Å². The van der Waals surface area contributed by atoms with Gasteiger partial charge in [-0.15, -0.1) is 0 Å². The molecule has 1 aliphatic rings. The lowest BCUT2D eigenvalue weighted by Gasteiger charge is -2.24. The molecule has 0 fully saturated rings. The van der Waals surface area contributed by atoms with Crippen molar-refractivity contribution in [2.75, 3.05) is 0 Å². The Bertz CT molecular complexity index is 3020. The summed E-state index contributed by atoms with van der Waals surface area (Å²) in [4.78, 5) is 10.3. The molecule has 0 amide bonds. The second-order valence-corrected chi connectivity index (χ2v) is 13.0. The van der Waals surface area contributed by atoms with Gasteiger partial charge in [0.1, 0.15) is 28.5 Å². The average Bonchev–Trinajstić information content (AvgIpc) is 3.87. The van der Waals surface area contributed by atoms with Crippen LogP contribution in [0.3, 0.4) is 0 Å². The zero-order valence-electron chi connectivity index (χ0n) is 27.2. The Morgan fingerprint density at radius 1 is 0.490 bits per heavy atom. The molecule has 3 aromatic heterocycles. The minimum absolute atomic E-state index is 0.401. The van der Waals surface area contributed by atoms with Gasteiger partial charge in [0.2, 0.25) is 5.96 Å². The molecule has 1 aliphatic heterocycles. The van der Waals surface area contributed by atoms with Gasteiger partial charge in [-0.3, -0.25) is 4.57 Å². The molecule has 0 spiro atoms. The molecular formula is C45H28N4O2. The van der Waals surface area contributed by atoms with Crippen LogP contribution in [0.2, 0.25) is 0 Å². The number of rotatable bonds is 3. The molecular weight excluding hydrogens is 629 g/mol. The number of fused-ring (bicyclic) bond motifs is 9. The normalized spacial score (nSPS) is 14.9. The molecule has 51 heavy (non-hydrogen) atoms. The van der Waals surface area contributed by atoms with E-state index in [9.17, 15) is 0 Å². The SMILES string of the molecule is c1ccc(C2=NC(c3ccc4c(c3)oc3c(-c5ccc6oc7ccccc7c6c5)cccc34)NC(n3c4ccccc4c4ccccc43)=N2)cc1. The Labute approximate surface area is 291 Å². The lowest BCUT2D eigenvalue weighted by atomic mass is 10.00. The maximum atomic E-state index is 6.74. The summed E-state index contributed by atoms with van der Waals surface area (Å²) in [5.41, 5.74) is 9.66. The molecule has 0 saturated heterocycles. The summed E-state index contributed by atoms with van der Waals surface area (Å²) in [5, 5.41) is 10.4. The summed E-state index contributed by atoms with van der Waals surface area (Å²) in [6.45, 7) is 0. The van der Waals surface area contributed by atoms with Crippen molar-refractivity contribution in [1.29, 1.82) is 0 Å². The van der Waals surface area contributed by atoms with Crippen LogP contribution in [0.1, 0.15) is 17.3 Å². The molecule has 6 heteroatoms. The van der Waals surface area contributed by atoms with Gasteiger partial charge in [0.25, 0.3) is 0 Å². The molecule has 10 aromatic rings. The number of benzene rings is 7. The van der Waals surface area contributed by atoms with E-state index >= 15 is 0 Å². The van der Waals surface area contributed by atoms with Crippen molar-refractivity contribution in [3.63, 3.8) is 0 Å². The number of hydrogen-bond acceptors (Lipinski definition) is 5. The topological polar surface area (TPSA) is 68.0 Å². The minimum atomic E-state index is -0.401. The van der Waals surface area contributed by atoms with E-state index < -0.39 is 6.17 Å². The fraction of sp³-hybridized carbons (Fsp3) is 0.0222. The number of amidine groups is 1. The number of furan rings is 2. The van der Waals surface area contributed by atoms with E-state index in [2.05, 4.69) is 131 Å². The third-order valence-electron chi connectivity index (χ3n) is 10.1. The van der Waals surface area contributed by atoms with E-state index in [-0.39, 0.29) is 0 Å². The number of hydrogen-bond donors (Lipinski definition) is 1. The summed E-state index contributed by atoms with van der Waals surface area (Å²) in [7, 11) is 0. The number of nitrogens with one attached hydrogen (secondary N) is 1. The smallest absolute Gasteiger partial charge is 0.211 e. The molecule has 11 rings (SSSR count). The number of para-hydroxylation sites is 4. The summed E-state index contributed by atoms with van der Waals surface area (Å²) in [5.74, 6) is 1.39. The first kappa shape index (κ1) is 28.0. The Morgan fingerprint density at radius 3 is 2.00 bits per heavy atom. The van der Waals surface area contributed by atoms with Crippen LogP contribution < -0.4 is 5.32 Å². The second kappa shape index (κ2) is 10.8. The Morgan fingerprint density at radius 2 is 1.18 bits per heavy atom. The van der Waals surface area contributed by atoms with Crippen LogP contribution >= 0.6 is 0 Å². The van der Waals surface area contributed by atoms with Crippen molar-refractivity contribution < 1.29 is 8.83 Å². The molecule has 0 saturated carbocycles. The maximum Gasteiger partial charge on any atom is 0.211 e. The standard InChI is InChI=1S/C45H28N4O2/c1-2-11-27(12-3-1)43-46-44(48-45(47-43)49-37-18-7-4-13-31(37)32-14-5-8-19-38(32)49)29-21-23-34-35-17-10-16-30(42(35)51-41(34)26-29)28-22-24-40-36(25-28)33-15-6-9-20-39(33)50-40/h1-26,44H,(H,46,47,48). The van der Waals surface area contributed by atoms with Gasteiger partial charge in [-0.2, -0.15) is 4.99 Å². The van der Waals surface area contributed by atoms with Crippen molar-refractivity contribution in [1.82, 2.24) is 9.88 Å². The molecule has 4 heterocycles. The molecule has 6 nitrogen and oxygen atoms in total. The van der Waals surface area contributed by atoms with Gasteiger partial charge in [-0.05, 0) is 42.0 Å².